The smallest absolute Gasteiger partial charge is 0.270 e. The van der Waals surface area contributed by atoms with E-state index in [2.05, 4.69) is 5.32 Å². The van der Waals surface area contributed by atoms with Crippen molar-refractivity contribution < 1.29 is 18.7 Å². The standard InChI is InChI=1S/C26H20ClFN2O3S2/c1-15-6-8-19(10-16(15)2)30-25(32)23(35-26(30)34)12-17-4-3-5-20(11-17)33-14-24(31)29-18-7-9-22(28)21(27)13-18/h3-13H,14H2,1-2H3,(H,29,31)/b23-12-. The molecule has 0 aromatic heterocycles. The molecule has 0 saturated carbocycles. The Morgan fingerprint density at radius 2 is 1.94 bits per heavy atom. The van der Waals surface area contributed by atoms with Crippen LogP contribution < -0.4 is 15.0 Å². The molecule has 3 aromatic rings. The minimum atomic E-state index is -0.566. The Morgan fingerprint density at radius 1 is 1.14 bits per heavy atom. The highest BCUT2D eigenvalue weighted by molar-refractivity contribution is 8.27. The molecule has 0 bridgehead atoms. The summed E-state index contributed by atoms with van der Waals surface area (Å²) in [5, 5.41) is 2.51. The van der Waals surface area contributed by atoms with Gasteiger partial charge in [0.2, 0.25) is 0 Å². The summed E-state index contributed by atoms with van der Waals surface area (Å²) in [5.41, 5.74) is 4.06. The average molecular weight is 527 g/mol. The monoisotopic (exact) mass is 526 g/mol. The van der Waals surface area contributed by atoms with Gasteiger partial charge in [0.1, 0.15) is 11.6 Å². The molecule has 1 fully saturated rings. The second-order valence-corrected chi connectivity index (χ2v) is 9.91. The van der Waals surface area contributed by atoms with E-state index in [-0.39, 0.29) is 17.5 Å². The first-order chi connectivity index (χ1) is 16.7. The van der Waals surface area contributed by atoms with Crippen molar-refractivity contribution in [2.24, 2.45) is 0 Å². The Balaban J connectivity index is 1.43. The van der Waals surface area contributed by atoms with Crippen LogP contribution in [0.2, 0.25) is 5.02 Å². The van der Waals surface area contributed by atoms with Crippen LogP contribution in [0.5, 0.6) is 5.75 Å². The molecule has 178 valence electrons. The number of thiocarbonyl (C=S) groups is 1. The summed E-state index contributed by atoms with van der Waals surface area (Å²) in [6, 6.07) is 16.7. The number of hydrogen-bond donors (Lipinski definition) is 1. The molecule has 1 aliphatic heterocycles. The lowest BCUT2D eigenvalue weighted by molar-refractivity contribution is -0.118. The van der Waals surface area contributed by atoms with Gasteiger partial charge in [-0.1, -0.05) is 53.8 Å². The van der Waals surface area contributed by atoms with Crippen LogP contribution in [-0.2, 0) is 9.59 Å². The highest BCUT2D eigenvalue weighted by Crippen LogP contribution is 2.36. The van der Waals surface area contributed by atoms with Crippen molar-refractivity contribution in [3.8, 4) is 5.75 Å². The molecule has 35 heavy (non-hydrogen) atoms. The summed E-state index contributed by atoms with van der Waals surface area (Å²) in [5.74, 6) is -0.724. The van der Waals surface area contributed by atoms with Crippen molar-refractivity contribution in [2.45, 2.75) is 13.8 Å². The Kier molecular flexibility index (Phi) is 7.54. The van der Waals surface area contributed by atoms with E-state index in [4.69, 9.17) is 28.6 Å². The molecule has 5 nitrogen and oxygen atoms in total. The normalized spacial score (nSPS) is 14.5. The highest BCUT2D eigenvalue weighted by Gasteiger charge is 2.33. The Hall–Kier alpha value is -3.20. The van der Waals surface area contributed by atoms with Crippen molar-refractivity contribution in [1.82, 2.24) is 0 Å². The summed E-state index contributed by atoms with van der Waals surface area (Å²) < 4.78 is 19.3. The van der Waals surface area contributed by atoms with E-state index in [9.17, 15) is 14.0 Å². The number of aryl methyl sites for hydroxylation is 2. The number of halogens is 2. The lowest BCUT2D eigenvalue weighted by Gasteiger charge is -2.15. The van der Waals surface area contributed by atoms with Crippen LogP contribution in [0.25, 0.3) is 6.08 Å². The van der Waals surface area contributed by atoms with Crippen molar-refractivity contribution in [3.63, 3.8) is 0 Å². The first kappa shape index (κ1) is 24.9. The number of amides is 2. The molecular formula is C26H20ClFN2O3S2. The number of thioether (sulfide) groups is 1. The van der Waals surface area contributed by atoms with Crippen molar-refractivity contribution in [3.05, 3.63) is 93.1 Å². The lowest BCUT2D eigenvalue weighted by atomic mass is 10.1. The Labute approximate surface area is 216 Å². The first-order valence-electron chi connectivity index (χ1n) is 10.5. The number of ether oxygens (including phenoxy) is 1. The third kappa shape index (κ3) is 5.90. The van der Waals surface area contributed by atoms with Gasteiger partial charge in [0.15, 0.2) is 10.9 Å². The second kappa shape index (κ2) is 10.6. The van der Waals surface area contributed by atoms with Gasteiger partial charge in [-0.15, -0.1) is 0 Å². The highest BCUT2D eigenvalue weighted by atomic mass is 35.5. The molecule has 0 unspecified atom stereocenters. The van der Waals surface area contributed by atoms with Gasteiger partial charge < -0.3 is 10.1 Å². The molecule has 0 spiro atoms. The number of benzene rings is 3. The lowest BCUT2D eigenvalue weighted by Crippen LogP contribution is -2.27. The predicted molar refractivity (Wildman–Crippen MR) is 144 cm³/mol. The van der Waals surface area contributed by atoms with Crippen LogP contribution in [0, 0.1) is 19.7 Å². The molecule has 2 amide bonds. The van der Waals surface area contributed by atoms with Gasteiger partial charge in [-0.2, -0.15) is 0 Å². The van der Waals surface area contributed by atoms with Crippen LogP contribution in [0.3, 0.4) is 0 Å². The van der Waals surface area contributed by atoms with Crippen molar-refractivity contribution >= 4 is 69.2 Å². The van der Waals surface area contributed by atoms with Gasteiger partial charge in [-0.3, -0.25) is 14.5 Å². The van der Waals surface area contributed by atoms with Gasteiger partial charge in [-0.05, 0) is 79.1 Å². The summed E-state index contributed by atoms with van der Waals surface area (Å²) in [6.45, 7) is 3.75. The quantitative estimate of drug-likeness (QED) is 0.293. The van der Waals surface area contributed by atoms with Gasteiger partial charge in [0, 0.05) is 5.69 Å². The largest absolute Gasteiger partial charge is 0.484 e. The van der Waals surface area contributed by atoms with E-state index in [1.165, 1.54) is 34.9 Å². The maximum absolute atomic E-state index is 13.3. The van der Waals surface area contributed by atoms with E-state index in [1.54, 1.807) is 24.3 Å². The van der Waals surface area contributed by atoms with Crippen molar-refractivity contribution in [2.75, 3.05) is 16.8 Å². The van der Waals surface area contributed by atoms with Gasteiger partial charge in [0.25, 0.3) is 11.8 Å². The van der Waals surface area contributed by atoms with Gasteiger partial charge >= 0.3 is 0 Å². The number of nitrogens with zero attached hydrogens (tertiary/aromatic N) is 1. The molecule has 1 N–H and O–H groups in total. The van der Waals surface area contributed by atoms with E-state index in [0.29, 0.717) is 20.7 Å². The maximum atomic E-state index is 13.3. The molecule has 1 saturated heterocycles. The van der Waals surface area contributed by atoms with Crippen LogP contribution in [0.15, 0.2) is 65.6 Å². The SMILES string of the molecule is Cc1ccc(N2C(=O)/C(=C/c3cccc(OCC(=O)Nc4ccc(F)c(Cl)c4)c3)SC2=S)cc1C. The molecule has 1 aliphatic rings. The third-order valence-electron chi connectivity index (χ3n) is 5.27. The second-order valence-electron chi connectivity index (χ2n) is 7.82. The van der Waals surface area contributed by atoms with Crippen LogP contribution >= 0.6 is 35.6 Å². The summed E-state index contributed by atoms with van der Waals surface area (Å²) in [4.78, 5) is 27.3. The minimum Gasteiger partial charge on any atom is -0.484 e. The van der Waals surface area contributed by atoms with E-state index >= 15 is 0 Å². The molecule has 0 atom stereocenters. The number of carbonyl (C=O) groups excluding carboxylic acids is 2. The summed E-state index contributed by atoms with van der Waals surface area (Å²) in [7, 11) is 0. The third-order valence-corrected chi connectivity index (χ3v) is 6.86. The number of hydrogen-bond acceptors (Lipinski definition) is 5. The first-order valence-corrected chi connectivity index (χ1v) is 12.1. The fourth-order valence-corrected chi connectivity index (χ4v) is 4.80. The molecule has 0 radical (unpaired) electrons. The zero-order valence-corrected chi connectivity index (χ0v) is 21.2. The summed E-state index contributed by atoms with van der Waals surface area (Å²) >= 11 is 12.4. The number of carbonyl (C=O) groups is 2. The number of rotatable bonds is 6. The number of anilines is 2. The van der Waals surface area contributed by atoms with E-state index in [1.807, 2.05) is 38.1 Å². The summed E-state index contributed by atoms with van der Waals surface area (Å²) in [6.07, 6.45) is 1.74. The minimum absolute atomic E-state index is 0.0839. The van der Waals surface area contributed by atoms with Gasteiger partial charge in [-0.25, -0.2) is 4.39 Å². The maximum Gasteiger partial charge on any atom is 0.270 e. The molecule has 3 aromatic carbocycles. The fraction of sp³-hybridized carbons (Fsp3) is 0.115. The predicted octanol–water partition coefficient (Wildman–Crippen LogP) is 6.52. The zero-order chi connectivity index (χ0) is 25.1. The van der Waals surface area contributed by atoms with E-state index in [0.717, 1.165) is 22.4 Å². The van der Waals surface area contributed by atoms with Crippen LogP contribution in [0.1, 0.15) is 16.7 Å². The molecular weight excluding hydrogens is 507 g/mol. The van der Waals surface area contributed by atoms with Gasteiger partial charge in [0.05, 0.1) is 15.6 Å². The molecule has 9 heteroatoms. The topological polar surface area (TPSA) is 58.6 Å². The van der Waals surface area contributed by atoms with E-state index < -0.39 is 11.7 Å². The molecule has 0 aliphatic carbocycles. The average Bonchev–Trinajstić information content (AvgIpc) is 3.09. The number of nitrogens with one attached hydrogen (secondary N) is 1. The zero-order valence-electron chi connectivity index (χ0n) is 18.8. The Bertz CT molecular complexity index is 1380. The Morgan fingerprint density at radius 3 is 2.69 bits per heavy atom. The van der Waals surface area contributed by atoms with Crippen molar-refractivity contribution in [1.29, 1.82) is 0 Å². The fourth-order valence-electron chi connectivity index (χ4n) is 3.32. The van der Waals surface area contributed by atoms with Crippen LogP contribution in [0.4, 0.5) is 15.8 Å². The van der Waals surface area contributed by atoms with Crippen LogP contribution in [-0.4, -0.2) is 22.7 Å². The molecule has 1 heterocycles. The molecule has 4 rings (SSSR count).